The molecule has 0 saturated heterocycles. The lowest BCUT2D eigenvalue weighted by atomic mass is 10.2. The summed E-state index contributed by atoms with van der Waals surface area (Å²) in [6, 6.07) is 22.3. The number of thiazole rings is 1. The molecule has 0 fully saturated rings. The Bertz CT molecular complexity index is 1460. The van der Waals surface area contributed by atoms with Gasteiger partial charge in [0, 0.05) is 16.8 Å². The number of aryl methyl sites for hydroxylation is 1. The summed E-state index contributed by atoms with van der Waals surface area (Å²) in [5, 5.41) is 6.23. The molecule has 2 amide bonds. The number of carbonyl (C=O) groups excluding carboxylic acids is 2. The molecular formula is C25H18N4O3S. The van der Waals surface area contributed by atoms with Crippen LogP contribution in [0.15, 0.2) is 83.5 Å². The van der Waals surface area contributed by atoms with Crippen LogP contribution in [0.3, 0.4) is 0 Å². The third-order valence-electron chi connectivity index (χ3n) is 4.93. The number of nitrogens with zero attached hydrogens (tertiary/aromatic N) is 2. The standard InChI is InChI=1S/C25H18N4O3S/c1-15-7-12-19-21(13-15)33-24(27-19)17-8-10-18(11-9-17)26-23(31)20-14-32-25(28-20)29-22(30)16-5-3-2-4-6-16/h2-14H,1H3,(H,26,31)(H,28,29,30). The summed E-state index contributed by atoms with van der Waals surface area (Å²) < 4.78 is 6.36. The average molecular weight is 455 g/mol. The van der Waals surface area contributed by atoms with Crippen LogP contribution in [0.4, 0.5) is 11.7 Å². The molecular weight excluding hydrogens is 436 g/mol. The van der Waals surface area contributed by atoms with Crippen molar-refractivity contribution >= 4 is 45.1 Å². The molecule has 0 saturated carbocycles. The molecule has 0 spiro atoms. The quantitative estimate of drug-likeness (QED) is 0.352. The van der Waals surface area contributed by atoms with E-state index in [1.54, 1.807) is 35.6 Å². The fraction of sp³-hybridized carbons (Fsp3) is 0.0400. The van der Waals surface area contributed by atoms with Gasteiger partial charge in [0.05, 0.1) is 10.2 Å². The second-order valence-corrected chi connectivity index (χ2v) is 8.41. The maximum absolute atomic E-state index is 12.5. The van der Waals surface area contributed by atoms with Gasteiger partial charge in [-0.25, -0.2) is 4.98 Å². The Hall–Kier alpha value is -4.30. The zero-order valence-electron chi connectivity index (χ0n) is 17.5. The summed E-state index contributed by atoms with van der Waals surface area (Å²) in [6.45, 7) is 2.06. The third-order valence-corrected chi connectivity index (χ3v) is 5.99. The first kappa shape index (κ1) is 20.6. The van der Waals surface area contributed by atoms with E-state index in [1.807, 2.05) is 42.5 Å². The number of amides is 2. The van der Waals surface area contributed by atoms with Gasteiger partial charge < -0.3 is 9.73 Å². The summed E-state index contributed by atoms with van der Waals surface area (Å²) in [5.74, 6) is -0.813. The van der Waals surface area contributed by atoms with Gasteiger partial charge in [0.25, 0.3) is 11.8 Å². The SMILES string of the molecule is Cc1ccc2nc(-c3ccc(NC(=O)c4coc(NC(=O)c5ccccc5)n4)cc3)sc2c1. The van der Waals surface area contributed by atoms with Crippen molar-refractivity contribution in [3.05, 3.63) is 95.9 Å². The first-order valence-corrected chi connectivity index (χ1v) is 11.0. The van der Waals surface area contributed by atoms with Crippen LogP contribution in [0, 0.1) is 6.92 Å². The molecule has 0 aliphatic rings. The number of oxazole rings is 1. The van der Waals surface area contributed by atoms with Crippen molar-refractivity contribution < 1.29 is 14.0 Å². The Kier molecular flexibility index (Phi) is 5.42. The molecule has 5 aromatic rings. The van der Waals surface area contributed by atoms with Gasteiger partial charge in [-0.1, -0.05) is 24.3 Å². The number of aromatic nitrogens is 2. The number of fused-ring (bicyclic) bond motifs is 1. The molecule has 2 N–H and O–H groups in total. The smallest absolute Gasteiger partial charge is 0.302 e. The van der Waals surface area contributed by atoms with Gasteiger partial charge in [-0.05, 0) is 61.0 Å². The summed E-state index contributed by atoms with van der Waals surface area (Å²) in [5.41, 5.74) is 4.28. The van der Waals surface area contributed by atoms with Gasteiger partial charge in [-0.3, -0.25) is 14.9 Å². The molecule has 0 aliphatic carbocycles. The summed E-state index contributed by atoms with van der Waals surface area (Å²) in [7, 11) is 0. The topological polar surface area (TPSA) is 97.1 Å². The second-order valence-electron chi connectivity index (χ2n) is 7.38. The maximum atomic E-state index is 12.5. The van der Waals surface area contributed by atoms with E-state index in [9.17, 15) is 9.59 Å². The van der Waals surface area contributed by atoms with Gasteiger partial charge in [0.2, 0.25) is 0 Å². The molecule has 2 aromatic heterocycles. The number of anilines is 2. The van der Waals surface area contributed by atoms with Crippen molar-refractivity contribution in [1.29, 1.82) is 0 Å². The number of carbonyl (C=O) groups is 2. The Morgan fingerprint density at radius 1 is 0.879 bits per heavy atom. The summed E-state index contributed by atoms with van der Waals surface area (Å²) >= 11 is 1.63. The molecule has 162 valence electrons. The molecule has 0 aliphatic heterocycles. The van der Waals surface area contributed by atoms with E-state index in [0.29, 0.717) is 11.3 Å². The van der Waals surface area contributed by atoms with Crippen LogP contribution in [-0.4, -0.2) is 21.8 Å². The lowest BCUT2D eigenvalue weighted by molar-refractivity contribution is 0.101. The Morgan fingerprint density at radius 3 is 2.45 bits per heavy atom. The highest BCUT2D eigenvalue weighted by Gasteiger charge is 2.15. The largest absolute Gasteiger partial charge is 0.431 e. The summed E-state index contributed by atoms with van der Waals surface area (Å²) in [6.07, 6.45) is 1.20. The molecule has 3 aromatic carbocycles. The van der Waals surface area contributed by atoms with Gasteiger partial charge in [-0.15, -0.1) is 11.3 Å². The average Bonchev–Trinajstić information content (AvgIpc) is 3.47. The van der Waals surface area contributed by atoms with Crippen LogP contribution in [0.2, 0.25) is 0 Å². The predicted octanol–water partition coefficient (Wildman–Crippen LogP) is 5.76. The van der Waals surface area contributed by atoms with E-state index in [0.717, 1.165) is 20.8 Å². The molecule has 5 rings (SSSR count). The number of hydrogen-bond acceptors (Lipinski definition) is 6. The minimum atomic E-state index is -0.442. The first-order valence-electron chi connectivity index (χ1n) is 10.2. The van der Waals surface area contributed by atoms with Gasteiger partial charge in [0.1, 0.15) is 11.3 Å². The number of benzene rings is 3. The summed E-state index contributed by atoms with van der Waals surface area (Å²) in [4.78, 5) is 33.5. The van der Waals surface area contributed by atoms with Crippen LogP contribution < -0.4 is 10.6 Å². The van der Waals surface area contributed by atoms with Gasteiger partial charge >= 0.3 is 6.01 Å². The highest BCUT2D eigenvalue weighted by molar-refractivity contribution is 7.21. The van der Waals surface area contributed by atoms with Crippen molar-refractivity contribution in [3.8, 4) is 10.6 Å². The van der Waals surface area contributed by atoms with E-state index >= 15 is 0 Å². The van der Waals surface area contributed by atoms with Crippen molar-refractivity contribution in [2.75, 3.05) is 10.6 Å². The first-order chi connectivity index (χ1) is 16.0. The lowest BCUT2D eigenvalue weighted by Crippen LogP contribution is -2.14. The van der Waals surface area contributed by atoms with Crippen LogP contribution in [0.25, 0.3) is 20.8 Å². The van der Waals surface area contributed by atoms with Crippen molar-refractivity contribution in [2.24, 2.45) is 0 Å². The molecule has 0 bridgehead atoms. The minimum Gasteiger partial charge on any atom is -0.431 e. The third kappa shape index (κ3) is 4.51. The van der Waals surface area contributed by atoms with E-state index in [-0.39, 0.29) is 17.6 Å². The van der Waals surface area contributed by atoms with Gasteiger partial charge in [-0.2, -0.15) is 4.98 Å². The highest BCUT2D eigenvalue weighted by Crippen LogP contribution is 2.31. The Labute approximate surface area is 193 Å². The Morgan fingerprint density at radius 2 is 1.67 bits per heavy atom. The predicted molar refractivity (Wildman–Crippen MR) is 129 cm³/mol. The van der Waals surface area contributed by atoms with Crippen LogP contribution >= 0.6 is 11.3 Å². The molecule has 2 heterocycles. The number of hydrogen-bond donors (Lipinski definition) is 2. The molecule has 0 atom stereocenters. The van der Waals surface area contributed by atoms with Crippen molar-refractivity contribution in [1.82, 2.24) is 9.97 Å². The molecule has 0 unspecified atom stereocenters. The van der Waals surface area contributed by atoms with Gasteiger partial charge in [0.15, 0.2) is 5.69 Å². The highest BCUT2D eigenvalue weighted by atomic mass is 32.1. The van der Waals surface area contributed by atoms with Crippen LogP contribution in [0.5, 0.6) is 0 Å². The van der Waals surface area contributed by atoms with E-state index in [4.69, 9.17) is 4.42 Å². The van der Waals surface area contributed by atoms with E-state index in [1.165, 1.54) is 11.8 Å². The van der Waals surface area contributed by atoms with Crippen LogP contribution in [0.1, 0.15) is 26.4 Å². The minimum absolute atomic E-state index is 0.0459. The van der Waals surface area contributed by atoms with Crippen molar-refractivity contribution in [2.45, 2.75) is 6.92 Å². The molecule has 33 heavy (non-hydrogen) atoms. The molecule has 8 heteroatoms. The lowest BCUT2D eigenvalue weighted by Gasteiger charge is -2.03. The monoisotopic (exact) mass is 454 g/mol. The number of rotatable bonds is 5. The zero-order valence-corrected chi connectivity index (χ0v) is 18.3. The fourth-order valence-electron chi connectivity index (χ4n) is 3.24. The molecule has 7 nitrogen and oxygen atoms in total. The van der Waals surface area contributed by atoms with E-state index in [2.05, 4.69) is 33.6 Å². The van der Waals surface area contributed by atoms with Crippen molar-refractivity contribution in [3.63, 3.8) is 0 Å². The van der Waals surface area contributed by atoms with Crippen LogP contribution in [-0.2, 0) is 0 Å². The normalized spacial score (nSPS) is 10.8. The maximum Gasteiger partial charge on any atom is 0.302 e. The fourth-order valence-corrected chi connectivity index (χ4v) is 4.31. The number of nitrogens with one attached hydrogen (secondary N) is 2. The van der Waals surface area contributed by atoms with E-state index < -0.39 is 5.91 Å². The molecule has 0 radical (unpaired) electrons. The second kappa shape index (κ2) is 8.68. The zero-order chi connectivity index (χ0) is 22.8. The Balaban J connectivity index is 1.25.